The molecule has 0 aromatic carbocycles. The first-order valence-corrected chi connectivity index (χ1v) is 3.96. The van der Waals surface area contributed by atoms with Gasteiger partial charge in [-0.05, 0) is 31.6 Å². The van der Waals surface area contributed by atoms with E-state index in [1.54, 1.807) is 0 Å². The van der Waals surface area contributed by atoms with E-state index < -0.39 is 0 Å². The van der Waals surface area contributed by atoms with Gasteiger partial charge < -0.3 is 5.11 Å². The number of rotatable bonds is 4. The van der Waals surface area contributed by atoms with Gasteiger partial charge in [0.2, 0.25) is 0 Å². The molecule has 1 fully saturated rings. The molecule has 0 radical (unpaired) electrons. The van der Waals surface area contributed by atoms with Crippen LogP contribution in [0.25, 0.3) is 0 Å². The highest BCUT2D eigenvalue weighted by Gasteiger charge is 2.28. The first-order chi connectivity index (χ1) is 4.84. The van der Waals surface area contributed by atoms with Crippen LogP contribution in [0.15, 0.2) is 0 Å². The topological polar surface area (TPSA) is 20.2 Å². The van der Waals surface area contributed by atoms with Crippen molar-refractivity contribution in [3.05, 3.63) is 0 Å². The van der Waals surface area contributed by atoms with Crippen molar-refractivity contribution in [3.8, 4) is 12.3 Å². The Morgan fingerprint density at radius 2 is 2.30 bits per heavy atom. The molecular weight excluding hydrogens is 124 g/mol. The van der Waals surface area contributed by atoms with Crippen molar-refractivity contribution in [2.45, 2.75) is 38.2 Å². The van der Waals surface area contributed by atoms with Crippen LogP contribution in [0.5, 0.6) is 0 Å². The minimum absolute atomic E-state index is 0.0617. The van der Waals surface area contributed by atoms with Gasteiger partial charge in [-0.1, -0.05) is 0 Å². The van der Waals surface area contributed by atoms with Gasteiger partial charge in [-0.2, -0.15) is 0 Å². The lowest BCUT2D eigenvalue weighted by atomic mass is 10.1. The lowest BCUT2D eigenvalue weighted by Crippen LogP contribution is -2.07. The number of aliphatic hydroxyl groups is 1. The summed E-state index contributed by atoms with van der Waals surface area (Å²) in [6.07, 6.45) is 10.1. The molecule has 0 spiro atoms. The van der Waals surface area contributed by atoms with E-state index in [9.17, 15) is 5.11 Å². The first-order valence-electron chi connectivity index (χ1n) is 3.96. The van der Waals surface area contributed by atoms with E-state index in [1.165, 1.54) is 12.8 Å². The predicted molar refractivity (Wildman–Crippen MR) is 41.4 cm³/mol. The molecule has 56 valence electrons. The normalized spacial score (nSPS) is 20.0. The second-order valence-corrected chi connectivity index (χ2v) is 3.00. The minimum Gasteiger partial charge on any atom is -0.393 e. The molecule has 0 amide bonds. The van der Waals surface area contributed by atoms with Crippen LogP contribution in [0.3, 0.4) is 0 Å². The van der Waals surface area contributed by atoms with Crippen LogP contribution < -0.4 is 0 Å². The Balaban J connectivity index is 1.96. The molecular formula is C9H14O. The van der Waals surface area contributed by atoms with Crippen molar-refractivity contribution < 1.29 is 5.11 Å². The van der Waals surface area contributed by atoms with Crippen LogP contribution in [0.1, 0.15) is 32.1 Å². The summed E-state index contributed by atoms with van der Waals surface area (Å²) >= 11 is 0. The summed E-state index contributed by atoms with van der Waals surface area (Å²) in [4.78, 5) is 0. The van der Waals surface area contributed by atoms with E-state index in [0.717, 1.165) is 19.3 Å². The maximum absolute atomic E-state index is 9.35. The van der Waals surface area contributed by atoms with Gasteiger partial charge >= 0.3 is 0 Å². The second kappa shape index (κ2) is 3.63. The number of terminal acetylenes is 1. The fourth-order valence-electron chi connectivity index (χ4n) is 1.13. The van der Waals surface area contributed by atoms with Crippen LogP contribution >= 0.6 is 0 Å². The van der Waals surface area contributed by atoms with Crippen molar-refractivity contribution in [2.24, 2.45) is 5.92 Å². The molecule has 0 aromatic rings. The molecule has 0 bridgehead atoms. The van der Waals surface area contributed by atoms with E-state index in [2.05, 4.69) is 5.92 Å². The van der Waals surface area contributed by atoms with Gasteiger partial charge in [-0.15, -0.1) is 12.3 Å². The second-order valence-electron chi connectivity index (χ2n) is 3.00. The number of hydrogen-bond donors (Lipinski definition) is 1. The third-order valence-corrected chi connectivity index (χ3v) is 1.99. The predicted octanol–water partition coefficient (Wildman–Crippen LogP) is 1.56. The Hall–Kier alpha value is -0.480. The van der Waals surface area contributed by atoms with Gasteiger partial charge in [0.1, 0.15) is 0 Å². The van der Waals surface area contributed by atoms with E-state index in [1.807, 2.05) is 0 Å². The standard InChI is InChI=1S/C9H14O/c1-2-3-4-5-9(10)8-6-7-8/h1,8-10H,3-7H2. The smallest absolute Gasteiger partial charge is 0.0568 e. The Morgan fingerprint density at radius 1 is 1.60 bits per heavy atom. The fraction of sp³-hybridized carbons (Fsp3) is 0.778. The summed E-state index contributed by atoms with van der Waals surface area (Å²) in [6, 6.07) is 0. The van der Waals surface area contributed by atoms with Gasteiger partial charge in [0, 0.05) is 6.42 Å². The van der Waals surface area contributed by atoms with E-state index in [0.29, 0.717) is 5.92 Å². The molecule has 1 aliphatic rings. The van der Waals surface area contributed by atoms with E-state index in [-0.39, 0.29) is 6.10 Å². The molecule has 0 heterocycles. The quantitative estimate of drug-likeness (QED) is 0.461. The van der Waals surface area contributed by atoms with E-state index in [4.69, 9.17) is 6.42 Å². The minimum atomic E-state index is -0.0617. The fourth-order valence-corrected chi connectivity index (χ4v) is 1.13. The highest BCUT2D eigenvalue weighted by atomic mass is 16.3. The Labute approximate surface area is 62.4 Å². The van der Waals surface area contributed by atoms with Gasteiger partial charge in [0.25, 0.3) is 0 Å². The molecule has 0 aromatic heterocycles. The molecule has 1 N–H and O–H groups in total. The molecule has 1 rings (SSSR count). The Morgan fingerprint density at radius 3 is 2.80 bits per heavy atom. The van der Waals surface area contributed by atoms with Gasteiger partial charge in [0.05, 0.1) is 6.10 Å². The molecule has 1 nitrogen and oxygen atoms in total. The molecule has 1 saturated carbocycles. The first kappa shape index (κ1) is 7.63. The highest BCUT2D eigenvalue weighted by Crippen LogP contribution is 2.34. The van der Waals surface area contributed by atoms with Crippen LogP contribution in [-0.2, 0) is 0 Å². The number of aliphatic hydroxyl groups excluding tert-OH is 1. The zero-order valence-corrected chi connectivity index (χ0v) is 6.21. The van der Waals surface area contributed by atoms with Crippen LogP contribution in [-0.4, -0.2) is 11.2 Å². The molecule has 0 aliphatic heterocycles. The number of unbranched alkanes of at least 4 members (excludes halogenated alkanes) is 1. The largest absolute Gasteiger partial charge is 0.393 e. The zero-order chi connectivity index (χ0) is 7.40. The van der Waals surface area contributed by atoms with E-state index >= 15 is 0 Å². The Kier molecular flexibility index (Phi) is 2.77. The summed E-state index contributed by atoms with van der Waals surface area (Å²) in [5.41, 5.74) is 0. The lowest BCUT2D eigenvalue weighted by Gasteiger charge is -2.05. The average molecular weight is 138 g/mol. The number of hydrogen-bond acceptors (Lipinski definition) is 1. The summed E-state index contributed by atoms with van der Waals surface area (Å²) in [6.45, 7) is 0. The molecule has 1 aliphatic carbocycles. The molecule has 0 saturated heterocycles. The van der Waals surface area contributed by atoms with Crippen LogP contribution in [0.4, 0.5) is 0 Å². The highest BCUT2D eigenvalue weighted by molar-refractivity contribution is 4.85. The van der Waals surface area contributed by atoms with Gasteiger partial charge in [-0.3, -0.25) is 0 Å². The third kappa shape index (κ3) is 2.41. The molecule has 1 heteroatoms. The third-order valence-electron chi connectivity index (χ3n) is 1.99. The average Bonchev–Trinajstić information content (AvgIpc) is 2.69. The van der Waals surface area contributed by atoms with Crippen LogP contribution in [0.2, 0.25) is 0 Å². The van der Waals surface area contributed by atoms with Gasteiger partial charge in [0.15, 0.2) is 0 Å². The monoisotopic (exact) mass is 138 g/mol. The molecule has 10 heavy (non-hydrogen) atoms. The molecule has 1 unspecified atom stereocenters. The van der Waals surface area contributed by atoms with Crippen molar-refractivity contribution in [1.82, 2.24) is 0 Å². The van der Waals surface area contributed by atoms with Crippen LogP contribution in [0, 0.1) is 18.3 Å². The van der Waals surface area contributed by atoms with Gasteiger partial charge in [-0.25, -0.2) is 0 Å². The lowest BCUT2D eigenvalue weighted by molar-refractivity contribution is 0.139. The summed E-state index contributed by atoms with van der Waals surface area (Å²) in [5, 5.41) is 9.35. The maximum Gasteiger partial charge on any atom is 0.0568 e. The SMILES string of the molecule is C#CCCCC(O)C1CC1. The summed E-state index contributed by atoms with van der Waals surface area (Å²) in [5.74, 6) is 3.18. The van der Waals surface area contributed by atoms with Crippen molar-refractivity contribution in [2.75, 3.05) is 0 Å². The zero-order valence-electron chi connectivity index (χ0n) is 6.21. The summed E-state index contributed by atoms with van der Waals surface area (Å²) in [7, 11) is 0. The van der Waals surface area contributed by atoms with Crippen molar-refractivity contribution >= 4 is 0 Å². The molecule has 1 atom stereocenters. The van der Waals surface area contributed by atoms with Crippen molar-refractivity contribution in [1.29, 1.82) is 0 Å². The maximum atomic E-state index is 9.35. The van der Waals surface area contributed by atoms with Crippen molar-refractivity contribution in [3.63, 3.8) is 0 Å². The Bertz CT molecular complexity index is 130. The summed E-state index contributed by atoms with van der Waals surface area (Å²) < 4.78 is 0.